The zero-order chi connectivity index (χ0) is 13.6. The average molecular weight is 284 g/mol. The van der Waals surface area contributed by atoms with E-state index < -0.39 is 6.10 Å². The Balaban J connectivity index is 1.96. The van der Waals surface area contributed by atoms with Gasteiger partial charge < -0.3 is 10.8 Å². The third kappa shape index (κ3) is 1.99. The second-order valence-electron chi connectivity index (χ2n) is 6.09. The number of rotatable bonds is 3. The van der Waals surface area contributed by atoms with Crippen molar-refractivity contribution in [3.05, 3.63) is 34.6 Å². The average Bonchev–Trinajstić information content (AvgIpc) is 2.98. The van der Waals surface area contributed by atoms with Crippen LogP contribution in [0.5, 0.6) is 0 Å². The zero-order valence-electron chi connectivity index (χ0n) is 10.8. The summed E-state index contributed by atoms with van der Waals surface area (Å²) < 4.78 is 13.1. The second kappa shape index (κ2) is 4.72. The minimum absolute atomic E-state index is 0.273. The van der Waals surface area contributed by atoms with E-state index in [-0.39, 0.29) is 11.2 Å². The van der Waals surface area contributed by atoms with Gasteiger partial charge in [0, 0.05) is 17.0 Å². The van der Waals surface area contributed by atoms with Gasteiger partial charge in [-0.15, -0.1) is 0 Å². The topological polar surface area (TPSA) is 46.2 Å². The molecule has 3 rings (SSSR count). The fourth-order valence-electron chi connectivity index (χ4n) is 4.22. The van der Waals surface area contributed by atoms with Crippen molar-refractivity contribution in [3.8, 4) is 0 Å². The Labute approximate surface area is 117 Å². The molecule has 3 N–H and O–H groups in total. The van der Waals surface area contributed by atoms with E-state index in [4.69, 9.17) is 17.3 Å². The van der Waals surface area contributed by atoms with Gasteiger partial charge in [0.05, 0.1) is 6.10 Å². The van der Waals surface area contributed by atoms with E-state index in [0.29, 0.717) is 29.0 Å². The molecule has 4 heteroatoms. The third-order valence-corrected chi connectivity index (χ3v) is 5.53. The lowest BCUT2D eigenvalue weighted by Crippen LogP contribution is -2.41. The van der Waals surface area contributed by atoms with Crippen molar-refractivity contribution in [1.29, 1.82) is 0 Å². The van der Waals surface area contributed by atoms with Crippen LogP contribution in [-0.2, 0) is 0 Å². The van der Waals surface area contributed by atoms with E-state index in [0.717, 1.165) is 19.3 Å². The molecule has 2 saturated carbocycles. The van der Waals surface area contributed by atoms with E-state index in [9.17, 15) is 9.50 Å². The summed E-state index contributed by atoms with van der Waals surface area (Å²) in [5.41, 5.74) is 6.34. The molecule has 2 bridgehead atoms. The zero-order valence-corrected chi connectivity index (χ0v) is 11.5. The first-order valence-corrected chi connectivity index (χ1v) is 7.27. The molecule has 0 aliphatic heterocycles. The Bertz CT molecular complexity index is 495. The number of halogens is 2. The van der Waals surface area contributed by atoms with Gasteiger partial charge >= 0.3 is 0 Å². The van der Waals surface area contributed by atoms with Crippen LogP contribution in [0.25, 0.3) is 0 Å². The predicted molar refractivity (Wildman–Crippen MR) is 73.3 cm³/mol. The van der Waals surface area contributed by atoms with E-state index >= 15 is 0 Å². The Morgan fingerprint density at radius 2 is 2.26 bits per heavy atom. The van der Waals surface area contributed by atoms with Crippen molar-refractivity contribution in [3.63, 3.8) is 0 Å². The summed E-state index contributed by atoms with van der Waals surface area (Å²) in [4.78, 5) is 0. The third-order valence-electron chi connectivity index (χ3n) is 5.20. The smallest absolute Gasteiger partial charge is 0.124 e. The maximum Gasteiger partial charge on any atom is 0.124 e. The highest BCUT2D eigenvalue weighted by Crippen LogP contribution is 2.60. The fourth-order valence-corrected chi connectivity index (χ4v) is 4.49. The number of aliphatic hydroxyl groups is 1. The van der Waals surface area contributed by atoms with E-state index in [1.807, 2.05) is 0 Å². The predicted octanol–water partition coefficient (Wildman–Crippen LogP) is 3.28. The van der Waals surface area contributed by atoms with Crippen LogP contribution in [0.15, 0.2) is 18.2 Å². The van der Waals surface area contributed by atoms with Crippen molar-refractivity contribution < 1.29 is 9.50 Å². The molecule has 0 saturated heterocycles. The van der Waals surface area contributed by atoms with Crippen LogP contribution in [0.4, 0.5) is 4.39 Å². The first-order valence-electron chi connectivity index (χ1n) is 6.90. The lowest BCUT2D eigenvalue weighted by atomic mass is 9.67. The molecule has 104 valence electrons. The maximum absolute atomic E-state index is 13.1. The standard InChI is InChI=1S/C15H19ClFNO/c16-13-6-11(17)3-4-12(13)14(19)15(8-18)7-9-1-2-10(15)5-9/h3-4,6,9-10,14,19H,1-2,5,7-8,18H2. The highest BCUT2D eigenvalue weighted by molar-refractivity contribution is 6.31. The second-order valence-corrected chi connectivity index (χ2v) is 6.49. The van der Waals surface area contributed by atoms with E-state index in [2.05, 4.69) is 0 Å². The largest absolute Gasteiger partial charge is 0.388 e. The van der Waals surface area contributed by atoms with Gasteiger partial charge in [-0.25, -0.2) is 4.39 Å². The van der Waals surface area contributed by atoms with E-state index in [1.165, 1.54) is 18.6 Å². The lowest BCUT2D eigenvalue weighted by Gasteiger charge is -2.41. The molecule has 1 aromatic rings. The van der Waals surface area contributed by atoms with Gasteiger partial charge in [-0.05, 0) is 48.8 Å². The Hall–Kier alpha value is -0.640. The first kappa shape index (κ1) is 13.3. The van der Waals surface area contributed by atoms with Crippen LogP contribution in [0.2, 0.25) is 5.02 Å². The summed E-state index contributed by atoms with van der Waals surface area (Å²) in [6.07, 6.45) is 3.81. The number of benzene rings is 1. The van der Waals surface area contributed by atoms with Gasteiger partial charge in [-0.2, -0.15) is 0 Å². The van der Waals surface area contributed by atoms with Crippen molar-refractivity contribution >= 4 is 11.6 Å². The summed E-state index contributed by atoms with van der Waals surface area (Å²) in [5.74, 6) is 0.775. The lowest BCUT2D eigenvalue weighted by molar-refractivity contribution is -0.0130. The van der Waals surface area contributed by atoms with Crippen molar-refractivity contribution in [2.75, 3.05) is 6.54 Å². The summed E-state index contributed by atoms with van der Waals surface area (Å²) in [5, 5.41) is 11.1. The Kier molecular flexibility index (Phi) is 3.32. The number of aliphatic hydroxyl groups excluding tert-OH is 1. The molecule has 4 atom stereocenters. The van der Waals surface area contributed by atoms with Crippen molar-refractivity contribution in [2.45, 2.75) is 31.8 Å². The molecule has 4 unspecified atom stereocenters. The highest BCUT2D eigenvalue weighted by Gasteiger charge is 2.54. The van der Waals surface area contributed by atoms with Crippen LogP contribution in [0.1, 0.15) is 37.4 Å². The van der Waals surface area contributed by atoms with Gasteiger partial charge in [0.1, 0.15) is 5.82 Å². The molecule has 0 heterocycles. The molecule has 0 amide bonds. The quantitative estimate of drug-likeness (QED) is 0.894. The summed E-state index contributed by atoms with van der Waals surface area (Å²) in [6, 6.07) is 4.20. The van der Waals surface area contributed by atoms with Crippen LogP contribution in [0.3, 0.4) is 0 Å². The van der Waals surface area contributed by atoms with Gasteiger partial charge in [0.25, 0.3) is 0 Å². The van der Waals surface area contributed by atoms with Crippen LogP contribution in [0, 0.1) is 23.1 Å². The summed E-state index contributed by atoms with van der Waals surface area (Å²) in [6.45, 7) is 0.461. The number of hydrogen-bond donors (Lipinski definition) is 2. The van der Waals surface area contributed by atoms with Gasteiger partial charge in [-0.1, -0.05) is 24.1 Å². The highest BCUT2D eigenvalue weighted by atomic mass is 35.5. The number of fused-ring (bicyclic) bond motifs is 2. The molecule has 1 aromatic carbocycles. The normalized spacial score (nSPS) is 34.7. The number of hydrogen-bond acceptors (Lipinski definition) is 2. The molecule has 0 radical (unpaired) electrons. The number of nitrogens with two attached hydrogens (primary N) is 1. The van der Waals surface area contributed by atoms with E-state index in [1.54, 1.807) is 6.07 Å². The van der Waals surface area contributed by atoms with Crippen LogP contribution >= 0.6 is 11.6 Å². The molecule has 0 spiro atoms. The molecular weight excluding hydrogens is 265 g/mol. The Morgan fingerprint density at radius 1 is 1.47 bits per heavy atom. The van der Waals surface area contributed by atoms with Crippen molar-refractivity contribution in [2.24, 2.45) is 23.0 Å². The summed E-state index contributed by atoms with van der Waals surface area (Å²) in [7, 11) is 0. The Morgan fingerprint density at radius 3 is 2.79 bits per heavy atom. The van der Waals surface area contributed by atoms with Gasteiger partial charge in [-0.3, -0.25) is 0 Å². The van der Waals surface area contributed by atoms with Gasteiger partial charge in [0.2, 0.25) is 0 Å². The SMILES string of the molecule is NCC1(C(O)c2ccc(F)cc2Cl)CC2CCC1C2. The fraction of sp³-hybridized carbons (Fsp3) is 0.600. The molecule has 2 nitrogen and oxygen atoms in total. The molecule has 2 fully saturated rings. The summed E-state index contributed by atoms with van der Waals surface area (Å²) >= 11 is 6.08. The first-order chi connectivity index (χ1) is 9.06. The minimum Gasteiger partial charge on any atom is -0.388 e. The molecule has 2 aliphatic carbocycles. The minimum atomic E-state index is -0.694. The van der Waals surface area contributed by atoms with Crippen LogP contribution in [-0.4, -0.2) is 11.7 Å². The monoisotopic (exact) mass is 283 g/mol. The molecular formula is C15H19ClFNO. The van der Waals surface area contributed by atoms with Crippen LogP contribution < -0.4 is 5.73 Å². The molecule has 0 aromatic heterocycles. The molecule has 19 heavy (non-hydrogen) atoms. The molecule has 2 aliphatic rings. The van der Waals surface area contributed by atoms with Gasteiger partial charge in [0.15, 0.2) is 0 Å². The van der Waals surface area contributed by atoms with Crippen molar-refractivity contribution in [1.82, 2.24) is 0 Å². The maximum atomic E-state index is 13.1.